The van der Waals surface area contributed by atoms with Crippen LogP contribution in [-0.2, 0) is 4.79 Å². The number of alkyl halides is 2. The molecule has 0 saturated carbocycles. The summed E-state index contributed by atoms with van der Waals surface area (Å²) < 4.78 is 32.4. The van der Waals surface area contributed by atoms with Crippen LogP contribution < -0.4 is 9.64 Å². The normalized spacial score (nSPS) is 16.4. The van der Waals surface area contributed by atoms with Gasteiger partial charge in [-0.1, -0.05) is 6.07 Å². The molecule has 2 aliphatic rings. The van der Waals surface area contributed by atoms with Gasteiger partial charge in [-0.3, -0.25) is 14.7 Å². The van der Waals surface area contributed by atoms with Gasteiger partial charge in [-0.25, -0.2) is 8.78 Å². The van der Waals surface area contributed by atoms with Crippen LogP contribution in [0, 0.1) is 12.3 Å². The molecule has 0 atom stereocenters. The van der Waals surface area contributed by atoms with E-state index in [9.17, 15) is 18.7 Å². The first-order chi connectivity index (χ1) is 15.1. The number of aliphatic carboxylic acids is 1. The number of carbonyl (C=O) groups is 1. The molecular weight excluding hydrogens is 416 g/mol. The molecule has 32 heavy (non-hydrogen) atoms. The second-order valence-corrected chi connectivity index (χ2v) is 9.04. The lowest BCUT2D eigenvalue weighted by Gasteiger charge is -2.39. The van der Waals surface area contributed by atoms with Gasteiger partial charge in [-0.05, 0) is 50.6 Å². The highest BCUT2D eigenvalue weighted by Crippen LogP contribution is 2.41. The lowest BCUT2D eigenvalue weighted by atomic mass is 9.93. The molecule has 0 bridgehead atoms. The molecule has 1 saturated heterocycles. The summed E-state index contributed by atoms with van der Waals surface area (Å²) in [6, 6.07) is 8.22. The summed E-state index contributed by atoms with van der Waals surface area (Å²) in [7, 11) is 0. The van der Waals surface area contributed by atoms with Crippen molar-refractivity contribution in [3.63, 3.8) is 0 Å². The van der Waals surface area contributed by atoms with E-state index in [4.69, 9.17) is 4.74 Å². The van der Waals surface area contributed by atoms with Crippen LogP contribution in [0.25, 0.3) is 0 Å². The van der Waals surface area contributed by atoms with Crippen molar-refractivity contribution in [3.8, 4) is 11.5 Å². The van der Waals surface area contributed by atoms with Crippen molar-refractivity contribution in [2.45, 2.75) is 27.2 Å². The summed E-state index contributed by atoms with van der Waals surface area (Å²) in [4.78, 5) is 20.4. The van der Waals surface area contributed by atoms with Crippen LogP contribution in [0.5, 0.6) is 11.5 Å². The van der Waals surface area contributed by atoms with Crippen molar-refractivity contribution >= 4 is 23.6 Å². The average molecular weight is 443 g/mol. The Hall–Kier alpha value is -3.00. The molecule has 2 aliphatic heterocycles. The molecule has 170 valence electrons. The van der Waals surface area contributed by atoms with Gasteiger partial charge in [0, 0.05) is 50.2 Å². The molecular formula is C24H27F2N3O3. The average Bonchev–Trinajstić information content (AvgIpc) is 2.91. The fourth-order valence-electron chi connectivity index (χ4n) is 4.10. The first kappa shape index (κ1) is 22.2. The molecule has 1 fully saturated rings. The second kappa shape index (κ2) is 8.50. The predicted octanol–water partition coefficient (Wildman–Crippen LogP) is 5.02. The van der Waals surface area contributed by atoms with Crippen molar-refractivity contribution in [2.24, 2.45) is 10.4 Å². The molecule has 1 N–H and O–H groups in total. The van der Waals surface area contributed by atoms with Gasteiger partial charge < -0.3 is 14.7 Å². The van der Waals surface area contributed by atoms with E-state index in [1.807, 2.05) is 13.0 Å². The van der Waals surface area contributed by atoms with Crippen LogP contribution in [0.3, 0.4) is 0 Å². The molecule has 0 unspecified atom stereocenters. The largest absolute Gasteiger partial charge is 0.481 e. The molecule has 8 heteroatoms. The van der Waals surface area contributed by atoms with E-state index in [-0.39, 0.29) is 5.56 Å². The molecule has 0 spiro atoms. The zero-order chi connectivity index (χ0) is 23.0. The maximum atomic E-state index is 13.1. The number of anilines is 1. The van der Waals surface area contributed by atoms with Gasteiger partial charge in [0.05, 0.1) is 11.0 Å². The standard InChI is InChI=1S/C24H27F2N3O3/c1-15-10-19(29-8-6-28(7-9-29)14-24(2,3)23(30)31)17-13-27-18-5-4-16(22(25)26)12-21(18)32-20(17)11-15/h4-5,10-13,22H,6-9,14H2,1-3H3,(H,30,31). The van der Waals surface area contributed by atoms with Gasteiger partial charge in [0.1, 0.15) is 11.4 Å². The second-order valence-electron chi connectivity index (χ2n) is 9.04. The number of aryl methyl sites for hydroxylation is 1. The molecule has 0 amide bonds. The van der Waals surface area contributed by atoms with Crippen LogP contribution in [0.4, 0.5) is 20.2 Å². The summed E-state index contributed by atoms with van der Waals surface area (Å²) in [6.45, 7) is 8.92. The van der Waals surface area contributed by atoms with E-state index >= 15 is 0 Å². The maximum Gasteiger partial charge on any atom is 0.310 e. The van der Waals surface area contributed by atoms with Crippen molar-refractivity contribution in [1.29, 1.82) is 0 Å². The van der Waals surface area contributed by atoms with E-state index in [1.54, 1.807) is 26.1 Å². The lowest BCUT2D eigenvalue weighted by molar-refractivity contribution is -0.148. The number of carboxylic acid groups (broad SMARTS) is 1. The third-order valence-corrected chi connectivity index (χ3v) is 5.96. The summed E-state index contributed by atoms with van der Waals surface area (Å²) in [5, 5.41) is 9.41. The first-order valence-corrected chi connectivity index (χ1v) is 10.6. The predicted molar refractivity (Wildman–Crippen MR) is 120 cm³/mol. The lowest BCUT2D eigenvalue weighted by Crippen LogP contribution is -2.50. The van der Waals surface area contributed by atoms with Crippen LogP contribution in [0.15, 0.2) is 35.3 Å². The van der Waals surface area contributed by atoms with E-state index in [2.05, 4.69) is 20.9 Å². The number of rotatable bonds is 5. The highest BCUT2D eigenvalue weighted by molar-refractivity contribution is 5.95. The third-order valence-electron chi connectivity index (χ3n) is 5.96. The Morgan fingerprint density at radius 2 is 1.88 bits per heavy atom. The monoisotopic (exact) mass is 443 g/mol. The van der Waals surface area contributed by atoms with Crippen molar-refractivity contribution in [2.75, 3.05) is 37.6 Å². The minimum absolute atomic E-state index is 0.101. The third kappa shape index (κ3) is 4.46. The Balaban J connectivity index is 1.57. The number of aliphatic imine (C=N–C) groups is 1. The summed E-state index contributed by atoms with van der Waals surface area (Å²) in [5.41, 5.74) is 2.39. The summed E-state index contributed by atoms with van der Waals surface area (Å²) in [5.74, 6) is 0.102. The van der Waals surface area contributed by atoms with Crippen molar-refractivity contribution in [1.82, 2.24) is 4.90 Å². The van der Waals surface area contributed by atoms with Gasteiger partial charge in [-0.15, -0.1) is 0 Å². The van der Waals surface area contributed by atoms with E-state index in [1.165, 1.54) is 12.1 Å². The number of piperazine rings is 1. The molecule has 6 nitrogen and oxygen atoms in total. The van der Waals surface area contributed by atoms with Gasteiger partial charge in [0.2, 0.25) is 0 Å². The molecule has 4 rings (SSSR count). The molecule has 0 radical (unpaired) electrons. The Labute approximate surface area is 186 Å². The fraction of sp³-hybridized carbons (Fsp3) is 0.417. The minimum atomic E-state index is -2.58. The molecule has 0 aliphatic carbocycles. The van der Waals surface area contributed by atoms with Crippen LogP contribution in [0.1, 0.15) is 37.0 Å². The zero-order valence-electron chi connectivity index (χ0n) is 18.4. The van der Waals surface area contributed by atoms with E-state index < -0.39 is 17.8 Å². The number of hydrogen-bond donors (Lipinski definition) is 1. The number of hydrogen-bond acceptors (Lipinski definition) is 5. The van der Waals surface area contributed by atoms with Crippen LogP contribution in [0.2, 0.25) is 0 Å². The number of ether oxygens (including phenoxy) is 1. The van der Waals surface area contributed by atoms with Gasteiger partial charge in [-0.2, -0.15) is 0 Å². The Morgan fingerprint density at radius 1 is 1.16 bits per heavy atom. The highest BCUT2D eigenvalue weighted by atomic mass is 19.3. The Bertz CT molecular complexity index is 1060. The quantitative estimate of drug-likeness (QED) is 0.600. The smallest absolute Gasteiger partial charge is 0.310 e. The Kier molecular flexibility index (Phi) is 5.90. The molecule has 2 aromatic rings. The fourth-order valence-corrected chi connectivity index (χ4v) is 4.10. The van der Waals surface area contributed by atoms with Crippen LogP contribution >= 0.6 is 0 Å². The zero-order valence-corrected chi connectivity index (χ0v) is 18.4. The molecule has 2 heterocycles. The molecule has 2 aromatic carbocycles. The van der Waals surface area contributed by atoms with Crippen molar-refractivity contribution in [3.05, 3.63) is 47.0 Å². The summed E-state index contributed by atoms with van der Waals surface area (Å²) >= 11 is 0. The highest BCUT2D eigenvalue weighted by Gasteiger charge is 2.31. The van der Waals surface area contributed by atoms with E-state index in [0.29, 0.717) is 23.7 Å². The number of halogens is 2. The maximum absolute atomic E-state index is 13.1. The van der Waals surface area contributed by atoms with Gasteiger partial charge >= 0.3 is 5.97 Å². The number of benzene rings is 2. The minimum Gasteiger partial charge on any atom is -0.481 e. The topological polar surface area (TPSA) is 65.4 Å². The van der Waals surface area contributed by atoms with E-state index in [0.717, 1.165) is 43.0 Å². The summed E-state index contributed by atoms with van der Waals surface area (Å²) in [6.07, 6.45) is -0.844. The van der Waals surface area contributed by atoms with Gasteiger partial charge in [0.15, 0.2) is 5.75 Å². The number of fused-ring (bicyclic) bond motifs is 2. The van der Waals surface area contributed by atoms with Gasteiger partial charge in [0.25, 0.3) is 6.43 Å². The number of nitrogens with zero attached hydrogens (tertiary/aromatic N) is 3. The first-order valence-electron chi connectivity index (χ1n) is 10.6. The van der Waals surface area contributed by atoms with Crippen LogP contribution in [-0.4, -0.2) is 54.9 Å². The Morgan fingerprint density at radius 3 is 2.53 bits per heavy atom. The van der Waals surface area contributed by atoms with Crippen molar-refractivity contribution < 1.29 is 23.4 Å². The number of carboxylic acids is 1. The molecule has 0 aromatic heterocycles. The SMILES string of the molecule is Cc1cc2c(c(N3CCN(CC(C)(C)C(=O)O)CC3)c1)C=Nc1ccc(C(F)F)cc1O2.